The van der Waals surface area contributed by atoms with Crippen LogP contribution in [-0.2, 0) is 19.4 Å². The Bertz CT molecular complexity index is 369. The number of aryl methyl sites for hydroxylation is 2. The molecule has 18 heavy (non-hydrogen) atoms. The third kappa shape index (κ3) is 3.12. The van der Waals surface area contributed by atoms with E-state index < -0.39 is 0 Å². The van der Waals surface area contributed by atoms with E-state index in [9.17, 15) is 5.11 Å². The number of rotatable bonds is 5. The topological polar surface area (TPSA) is 50.1 Å². The predicted octanol–water partition coefficient (Wildman–Crippen LogP) is 1.51. The van der Waals surface area contributed by atoms with Gasteiger partial charge in [-0.2, -0.15) is 5.10 Å². The molecule has 2 rings (SSSR count). The van der Waals surface area contributed by atoms with Crippen molar-refractivity contribution in [1.82, 2.24) is 15.1 Å². The molecule has 1 saturated heterocycles. The second-order valence-electron chi connectivity index (χ2n) is 5.12. The van der Waals surface area contributed by atoms with E-state index in [-0.39, 0.29) is 12.1 Å². The van der Waals surface area contributed by atoms with Crippen molar-refractivity contribution in [3.05, 3.63) is 17.5 Å². The maximum atomic E-state index is 10.3. The van der Waals surface area contributed by atoms with Crippen molar-refractivity contribution >= 4 is 0 Å². The number of aliphatic hydroxyl groups excluding tert-OH is 1. The largest absolute Gasteiger partial charge is 0.391 e. The highest BCUT2D eigenvalue weighted by molar-refractivity contribution is 5.12. The third-order valence-corrected chi connectivity index (χ3v) is 3.81. The molecule has 0 spiro atoms. The van der Waals surface area contributed by atoms with Crippen LogP contribution in [0.25, 0.3) is 0 Å². The zero-order chi connectivity index (χ0) is 13.0. The van der Waals surface area contributed by atoms with Gasteiger partial charge in [-0.25, -0.2) is 0 Å². The predicted molar refractivity (Wildman–Crippen MR) is 72.6 cm³/mol. The van der Waals surface area contributed by atoms with Gasteiger partial charge in [0, 0.05) is 24.7 Å². The van der Waals surface area contributed by atoms with Gasteiger partial charge in [-0.05, 0) is 38.8 Å². The van der Waals surface area contributed by atoms with E-state index >= 15 is 0 Å². The molecule has 2 atom stereocenters. The second-order valence-corrected chi connectivity index (χ2v) is 5.12. The number of nitrogens with one attached hydrogen (secondary N) is 1. The maximum absolute atomic E-state index is 10.3. The smallest absolute Gasteiger partial charge is 0.0748 e. The zero-order valence-corrected chi connectivity index (χ0v) is 11.5. The molecule has 0 aromatic carbocycles. The number of hydrogen-bond acceptors (Lipinski definition) is 3. The normalized spacial score (nSPS) is 22.1. The minimum absolute atomic E-state index is 0.254. The highest BCUT2D eigenvalue weighted by atomic mass is 16.3. The number of nitrogens with zero attached hydrogens (tertiary/aromatic N) is 2. The fourth-order valence-corrected chi connectivity index (χ4v) is 2.69. The zero-order valence-electron chi connectivity index (χ0n) is 11.5. The highest BCUT2D eigenvalue weighted by Crippen LogP contribution is 2.15. The average molecular weight is 251 g/mol. The first kappa shape index (κ1) is 13.6. The lowest BCUT2D eigenvalue weighted by Gasteiger charge is -2.28. The van der Waals surface area contributed by atoms with Crippen molar-refractivity contribution in [2.75, 3.05) is 6.54 Å². The average Bonchev–Trinajstić information content (AvgIpc) is 2.82. The molecule has 0 radical (unpaired) electrons. The summed E-state index contributed by atoms with van der Waals surface area (Å²) in [5, 5.41) is 18.3. The van der Waals surface area contributed by atoms with Crippen molar-refractivity contribution in [2.24, 2.45) is 0 Å². The standard InChI is InChI=1S/C14H25N3O/c1-3-11-9-12(17(4-2)16-11)10-14(18)13-7-5-6-8-15-13/h9,13-15,18H,3-8,10H2,1-2H3. The molecule has 1 aromatic heterocycles. The molecular weight excluding hydrogens is 226 g/mol. The first-order valence-electron chi connectivity index (χ1n) is 7.21. The van der Waals surface area contributed by atoms with Gasteiger partial charge in [-0.15, -0.1) is 0 Å². The molecule has 2 unspecified atom stereocenters. The summed E-state index contributed by atoms with van der Waals surface area (Å²) in [6, 6.07) is 2.39. The van der Waals surface area contributed by atoms with Crippen LogP contribution in [0.15, 0.2) is 6.07 Å². The third-order valence-electron chi connectivity index (χ3n) is 3.81. The molecule has 0 aliphatic carbocycles. The van der Waals surface area contributed by atoms with Crippen LogP contribution >= 0.6 is 0 Å². The van der Waals surface area contributed by atoms with E-state index in [2.05, 4.69) is 30.3 Å². The number of piperidine rings is 1. The van der Waals surface area contributed by atoms with Crippen molar-refractivity contribution < 1.29 is 5.11 Å². The number of hydrogen-bond donors (Lipinski definition) is 2. The van der Waals surface area contributed by atoms with Crippen LogP contribution in [0.3, 0.4) is 0 Å². The van der Waals surface area contributed by atoms with Gasteiger partial charge in [0.25, 0.3) is 0 Å². The first-order chi connectivity index (χ1) is 8.74. The van der Waals surface area contributed by atoms with Crippen LogP contribution in [-0.4, -0.2) is 33.6 Å². The van der Waals surface area contributed by atoms with Crippen LogP contribution in [0, 0.1) is 0 Å². The summed E-state index contributed by atoms with van der Waals surface area (Å²) in [6.07, 6.45) is 4.91. The lowest BCUT2D eigenvalue weighted by Crippen LogP contribution is -2.44. The van der Waals surface area contributed by atoms with Crippen LogP contribution < -0.4 is 5.32 Å². The summed E-state index contributed by atoms with van der Waals surface area (Å²) in [5.41, 5.74) is 2.28. The van der Waals surface area contributed by atoms with Crippen molar-refractivity contribution in [2.45, 2.75) is 64.6 Å². The first-order valence-corrected chi connectivity index (χ1v) is 7.21. The molecule has 1 aliphatic rings. The van der Waals surface area contributed by atoms with Gasteiger partial charge in [0.2, 0.25) is 0 Å². The van der Waals surface area contributed by atoms with E-state index in [1.807, 2.05) is 4.68 Å². The molecule has 1 fully saturated rings. The molecule has 0 bridgehead atoms. The molecule has 4 heteroatoms. The van der Waals surface area contributed by atoms with Crippen LogP contribution in [0.1, 0.15) is 44.5 Å². The van der Waals surface area contributed by atoms with E-state index in [0.29, 0.717) is 6.42 Å². The van der Waals surface area contributed by atoms with Gasteiger partial charge in [0.1, 0.15) is 0 Å². The number of aromatic nitrogens is 2. The monoisotopic (exact) mass is 251 g/mol. The minimum atomic E-state index is -0.294. The lowest BCUT2D eigenvalue weighted by atomic mass is 9.97. The summed E-state index contributed by atoms with van der Waals surface area (Å²) in [7, 11) is 0. The van der Waals surface area contributed by atoms with Crippen LogP contribution in [0.2, 0.25) is 0 Å². The molecule has 102 valence electrons. The Kier molecular flexibility index (Phi) is 4.78. The Morgan fingerprint density at radius 3 is 2.94 bits per heavy atom. The molecule has 1 aliphatic heterocycles. The maximum Gasteiger partial charge on any atom is 0.0748 e. The summed E-state index contributed by atoms with van der Waals surface area (Å²) in [5.74, 6) is 0. The SMILES string of the molecule is CCc1cc(CC(O)C2CCCCN2)n(CC)n1. The van der Waals surface area contributed by atoms with Gasteiger partial charge >= 0.3 is 0 Å². The van der Waals surface area contributed by atoms with E-state index in [1.54, 1.807) is 0 Å². The Hall–Kier alpha value is -0.870. The van der Waals surface area contributed by atoms with Crippen molar-refractivity contribution in [1.29, 1.82) is 0 Å². The molecular formula is C14H25N3O. The minimum Gasteiger partial charge on any atom is -0.391 e. The lowest BCUT2D eigenvalue weighted by molar-refractivity contribution is 0.111. The fraction of sp³-hybridized carbons (Fsp3) is 0.786. The quantitative estimate of drug-likeness (QED) is 0.834. The van der Waals surface area contributed by atoms with Crippen LogP contribution in [0.4, 0.5) is 0 Å². The molecule has 0 saturated carbocycles. The molecule has 2 N–H and O–H groups in total. The molecule has 2 heterocycles. The summed E-state index contributed by atoms with van der Waals surface area (Å²) in [6.45, 7) is 6.13. The van der Waals surface area contributed by atoms with Gasteiger partial charge in [-0.3, -0.25) is 4.68 Å². The fourth-order valence-electron chi connectivity index (χ4n) is 2.69. The van der Waals surface area contributed by atoms with E-state index in [1.165, 1.54) is 12.8 Å². The van der Waals surface area contributed by atoms with E-state index in [4.69, 9.17) is 0 Å². The Balaban J connectivity index is 2.00. The van der Waals surface area contributed by atoms with Gasteiger partial charge in [0.05, 0.1) is 11.8 Å². The van der Waals surface area contributed by atoms with Crippen LogP contribution in [0.5, 0.6) is 0 Å². The summed E-state index contributed by atoms with van der Waals surface area (Å²) in [4.78, 5) is 0. The Morgan fingerprint density at radius 1 is 1.50 bits per heavy atom. The Labute approximate surface area is 109 Å². The second kappa shape index (κ2) is 6.34. The molecule has 0 amide bonds. The Morgan fingerprint density at radius 2 is 2.33 bits per heavy atom. The molecule has 4 nitrogen and oxygen atoms in total. The van der Waals surface area contributed by atoms with Gasteiger partial charge in [-0.1, -0.05) is 13.3 Å². The summed E-state index contributed by atoms with van der Waals surface area (Å²) >= 11 is 0. The van der Waals surface area contributed by atoms with Crippen molar-refractivity contribution in [3.63, 3.8) is 0 Å². The summed E-state index contributed by atoms with van der Waals surface area (Å²) < 4.78 is 2.02. The van der Waals surface area contributed by atoms with Gasteiger partial charge < -0.3 is 10.4 Å². The highest BCUT2D eigenvalue weighted by Gasteiger charge is 2.22. The van der Waals surface area contributed by atoms with E-state index in [0.717, 1.165) is 37.3 Å². The van der Waals surface area contributed by atoms with Gasteiger partial charge in [0.15, 0.2) is 0 Å². The number of aliphatic hydroxyl groups is 1. The molecule has 1 aromatic rings. The van der Waals surface area contributed by atoms with Crippen molar-refractivity contribution in [3.8, 4) is 0 Å².